The van der Waals surface area contributed by atoms with Crippen molar-refractivity contribution in [1.82, 2.24) is 0 Å². The van der Waals surface area contributed by atoms with Crippen molar-refractivity contribution in [2.75, 3.05) is 5.32 Å². The molecule has 2 aromatic carbocycles. The summed E-state index contributed by atoms with van der Waals surface area (Å²) in [6.07, 6.45) is 0. The molecule has 0 unspecified atom stereocenters. The van der Waals surface area contributed by atoms with Crippen molar-refractivity contribution in [2.24, 2.45) is 0 Å². The first kappa shape index (κ1) is 16.0. The highest BCUT2D eigenvalue weighted by atomic mass is 32.2. The lowest BCUT2D eigenvalue weighted by Crippen LogP contribution is -2.13. The zero-order valence-electron chi connectivity index (χ0n) is 11.1. The van der Waals surface area contributed by atoms with Gasteiger partial charge in [0.25, 0.3) is 11.7 Å². The van der Waals surface area contributed by atoms with E-state index >= 15 is 0 Å². The number of aromatic carboxylic acids is 1. The van der Waals surface area contributed by atoms with Crippen LogP contribution in [-0.4, -0.2) is 22.7 Å². The van der Waals surface area contributed by atoms with Crippen LogP contribution < -0.4 is 5.32 Å². The number of benzene rings is 2. The third kappa shape index (κ3) is 4.05. The molecular weight excluding hydrogens is 312 g/mol. The Morgan fingerprint density at radius 3 is 2.50 bits per heavy atom. The Labute approximate surface area is 129 Å². The van der Waals surface area contributed by atoms with Crippen LogP contribution in [0.1, 0.15) is 20.7 Å². The van der Waals surface area contributed by atoms with Gasteiger partial charge in [0.15, 0.2) is 0 Å². The van der Waals surface area contributed by atoms with Crippen LogP contribution in [0.4, 0.5) is 14.5 Å². The molecule has 0 aromatic heterocycles. The molecule has 2 aromatic rings. The normalized spacial score (nSPS) is 10.5. The van der Waals surface area contributed by atoms with Crippen LogP contribution >= 0.6 is 11.8 Å². The van der Waals surface area contributed by atoms with Crippen LogP contribution in [0.5, 0.6) is 0 Å². The quantitative estimate of drug-likeness (QED) is 0.818. The van der Waals surface area contributed by atoms with E-state index in [1.165, 1.54) is 36.4 Å². The average molecular weight is 323 g/mol. The monoisotopic (exact) mass is 323 g/mol. The number of hydrogen-bond donors (Lipinski definition) is 2. The SMILES string of the molecule is O=C(O)c1cccc(NC(=O)c2ccccc2SC(F)F)c1. The molecule has 22 heavy (non-hydrogen) atoms. The summed E-state index contributed by atoms with van der Waals surface area (Å²) >= 11 is 0.284. The number of alkyl halides is 2. The van der Waals surface area contributed by atoms with E-state index in [-0.39, 0.29) is 33.5 Å². The average Bonchev–Trinajstić information content (AvgIpc) is 2.47. The maximum atomic E-state index is 12.5. The van der Waals surface area contributed by atoms with Crippen LogP contribution in [0.2, 0.25) is 0 Å². The number of nitrogens with one attached hydrogen (secondary N) is 1. The summed E-state index contributed by atoms with van der Waals surface area (Å²) in [7, 11) is 0. The first-order valence-corrected chi connectivity index (χ1v) is 7.04. The van der Waals surface area contributed by atoms with E-state index in [1.54, 1.807) is 12.1 Å². The van der Waals surface area contributed by atoms with E-state index in [9.17, 15) is 18.4 Å². The van der Waals surface area contributed by atoms with E-state index in [2.05, 4.69) is 5.32 Å². The van der Waals surface area contributed by atoms with E-state index < -0.39 is 17.6 Å². The number of anilines is 1. The summed E-state index contributed by atoms with van der Waals surface area (Å²) in [5.41, 5.74) is 0.406. The fourth-order valence-corrected chi connectivity index (χ4v) is 2.42. The Morgan fingerprint density at radius 2 is 1.82 bits per heavy atom. The molecule has 0 saturated heterocycles. The fourth-order valence-electron chi connectivity index (χ4n) is 1.78. The van der Waals surface area contributed by atoms with E-state index in [0.717, 1.165) is 0 Å². The Morgan fingerprint density at radius 1 is 1.09 bits per heavy atom. The van der Waals surface area contributed by atoms with Crippen molar-refractivity contribution in [3.05, 3.63) is 59.7 Å². The summed E-state index contributed by atoms with van der Waals surface area (Å²) < 4.78 is 25.0. The molecule has 114 valence electrons. The predicted molar refractivity (Wildman–Crippen MR) is 79.7 cm³/mol. The molecule has 0 spiro atoms. The second kappa shape index (κ2) is 7.04. The number of rotatable bonds is 5. The Bertz CT molecular complexity index is 707. The highest BCUT2D eigenvalue weighted by Crippen LogP contribution is 2.28. The van der Waals surface area contributed by atoms with Crippen LogP contribution in [0.15, 0.2) is 53.4 Å². The number of thioether (sulfide) groups is 1. The Balaban J connectivity index is 2.22. The molecule has 2 rings (SSSR count). The zero-order valence-corrected chi connectivity index (χ0v) is 11.9. The predicted octanol–water partition coefficient (Wildman–Crippen LogP) is 3.95. The highest BCUT2D eigenvalue weighted by molar-refractivity contribution is 7.99. The molecule has 7 heteroatoms. The minimum Gasteiger partial charge on any atom is -0.478 e. The fraction of sp³-hybridized carbons (Fsp3) is 0.0667. The van der Waals surface area contributed by atoms with Crippen molar-refractivity contribution in [3.8, 4) is 0 Å². The summed E-state index contributed by atoms with van der Waals surface area (Å²) in [5.74, 6) is -4.33. The Hall–Kier alpha value is -2.41. The molecule has 0 aliphatic heterocycles. The third-order valence-corrected chi connectivity index (χ3v) is 3.50. The summed E-state index contributed by atoms with van der Waals surface area (Å²) in [6, 6.07) is 11.7. The van der Waals surface area contributed by atoms with Crippen LogP contribution in [0.25, 0.3) is 0 Å². The maximum Gasteiger partial charge on any atom is 0.335 e. The van der Waals surface area contributed by atoms with E-state index in [4.69, 9.17) is 5.11 Å². The molecule has 4 nitrogen and oxygen atoms in total. The molecule has 0 fully saturated rings. The van der Waals surface area contributed by atoms with Crippen LogP contribution in [0, 0.1) is 0 Å². The smallest absolute Gasteiger partial charge is 0.335 e. The third-order valence-electron chi connectivity index (χ3n) is 2.72. The molecule has 0 radical (unpaired) electrons. The van der Waals surface area contributed by atoms with Gasteiger partial charge in [0.05, 0.1) is 11.1 Å². The summed E-state index contributed by atoms with van der Waals surface area (Å²) in [5, 5.41) is 11.4. The topological polar surface area (TPSA) is 66.4 Å². The molecule has 2 N–H and O–H groups in total. The first-order valence-electron chi connectivity index (χ1n) is 6.16. The van der Waals surface area contributed by atoms with Crippen LogP contribution in [0.3, 0.4) is 0 Å². The van der Waals surface area contributed by atoms with Crippen molar-refractivity contribution in [2.45, 2.75) is 10.7 Å². The lowest BCUT2D eigenvalue weighted by molar-refractivity contribution is 0.0696. The number of carbonyl (C=O) groups excluding carboxylic acids is 1. The molecule has 0 heterocycles. The Kier molecular flexibility index (Phi) is 5.11. The van der Waals surface area contributed by atoms with Crippen molar-refractivity contribution < 1.29 is 23.5 Å². The number of carboxylic acid groups (broad SMARTS) is 1. The molecule has 0 bridgehead atoms. The standard InChI is InChI=1S/C15H11F2NO3S/c16-15(17)22-12-7-2-1-6-11(12)13(19)18-10-5-3-4-9(8-10)14(20)21/h1-8,15H,(H,18,19)(H,20,21). The molecule has 1 amide bonds. The van der Waals surface area contributed by atoms with Gasteiger partial charge in [-0.15, -0.1) is 0 Å². The summed E-state index contributed by atoms with van der Waals surface area (Å²) in [6.45, 7) is 0. The van der Waals surface area contributed by atoms with Crippen molar-refractivity contribution in [1.29, 1.82) is 0 Å². The van der Waals surface area contributed by atoms with Gasteiger partial charge in [-0.05, 0) is 30.3 Å². The van der Waals surface area contributed by atoms with Crippen molar-refractivity contribution in [3.63, 3.8) is 0 Å². The van der Waals surface area contributed by atoms with Gasteiger partial charge >= 0.3 is 5.97 Å². The van der Waals surface area contributed by atoms with Crippen LogP contribution in [-0.2, 0) is 0 Å². The van der Waals surface area contributed by atoms with Gasteiger partial charge in [0, 0.05) is 10.6 Å². The van der Waals surface area contributed by atoms with Gasteiger partial charge in [-0.1, -0.05) is 30.0 Å². The van der Waals surface area contributed by atoms with Crippen molar-refractivity contribution >= 4 is 29.3 Å². The number of halogens is 2. The van der Waals surface area contributed by atoms with Gasteiger partial charge in [-0.2, -0.15) is 8.78 Å². The lowest BCUT2D eigenvalue weighted by atomic mass is 10.1. The van der Waals surface area contributed by atoms with Gasteiger partial charge in [-0.3, -0.25) is 4.79 Å². The molecule has 0 aliphatic rings. The maximum absolute atomic E-state index is 12.5. The number of carboxylic acids is 1. The molecular formula is C15H11F2NO3S. The van der Waals surface area contributed by atoms with Gasteiger partial charge in [0.2, 0.25) is 0 Å². The number of amides is 1. The first-order chi connectivity index (χ1) is 10.5. The molecule has 0 aliphatic carbocycles. The highest BCUT2D eigenvalue weighted by Gasteiger charge is 2.15. The zero-order chi connectivity index (χ0) is 16.1. The lowest BCUT2D eigenvalue weighted by Gasteiger charge is -2.10. The minimum atomic E-state index is -2.63. The summed E-state index contributed by atoms with van der Waals surface area (Å²) in [4.78, 5) is 23.2. The largest absolute Gasteiger partial charge is 0.478 e. The number of hydrogen-bond acceptors (Lipinski definition) is 3. The van der Waals surface area contributed by atoms with E-state index in [0.29, 0.717) is 0 Å². The second-order valence-electron chi connectivity index (χ2n) is 4.21. The van der Waals surface area contributed by atoms with Gasteiger partial charge in [0.1, 0.15) is 0 Å². The van der Waals surface area contributed by atoms with Gasteiger partial charge in [-0.25, -0.2) is 4.79 Å². The minimum absolute atomic E-state index is 0.0213. The number of carbonyl (C=O) groups is 2. The molecule has 0 saturated carbocycles. The second-order valence-corrected chi connectivity index (χ2v) is 5.25. The van der Waals surface area contributed by atoms with E-state index in [1.807, 2.05) is 0 Å². The van der Waals surface area contributed by atoms with Gasteiger partial charge < -0.3 is 10.4 Å². The molecule has 0 atom stereocenters.